The molecule has 6 heteroatoms. The fourth-order valence-corrected chi connectivity index (χ4v) is 3.34. The largest absolute Gasteiger partial charge is 0.479 e. The number of nitrogens with one attached hydrogen (secondary N) is 1. The topological polar surface area (TPSA) is 86.7 Å². The molecule has 3 rings (SSSR count). The van der Waals surface area contributed by atoms with E-state index in [0.29, 0.717) is 5.56 Å². The fraction of sp³-hybridized carbons (Fsp3) is 0.286. The second-order valence-corrected chi connectivity index (χ2v) is 6.81. The van der Waals surface area contributed by atoms with E-state index in [2.05, 4.69) is 5.32 Å². The molecule has 0 aromatic heterocycles. The molecule has 1 aliphatic rings. The lowest BCUT2D eigenvalue weighted by Gasteiger charge is -2.21. The van der Waals surface area contributed by atoms with E-state index < -0.39 is 23.8 Å². The molecule has 0 bridgehead atoms. The Morgan fingerprint density at radius 2 is 1.81 bits per heavy atom. The fourth-order valence-electron chi connectivity index (χ4n) is 3.34. The van der Waals surface area contributed by atoms with Crippen molar-refractivity contribution in [1.29, 1.82) is 0 Å². The lowest BCUT2D eigenvalue weighted by Crippen LogP contribution is -2.38. The van der Waals surface area contributed by atoms with Gasteiger partial charge in [-0.05, 0) is 36.6 Å². The smallest absolute Gasteiger partial charge is 0.330 e. The number of benzene rings is 2. The van der Waals surface area contributed by atoms with Gasteiger partial charge in [-0.1, -0.05) is 42.5 Å². The van der Waals surface area contributed by atoms with Crippen molar-refractivity contribution in [3.8, 4) is 0 Å². The van der Waals surface area contributed by atoms with Crippen molar-refractivity contribution in [3.05, 3.63) is 65.2 Å². The predicted molar refractivity (Wildman–Crippen MR) is 101 cm³/mol. The molecule has 1 fully saturated rings. The van der Waals surface area contributed by atoms with Crippen molar-refractivity contribution in [2.45, 2.75) is 26.3 Å². The molecule has 27 heavy (non-hydrogen) atoms. The van der Waals surface area contributed by atoms with Gasteiger partial charge in [-0.2, -0.15) is 0 Å². The van der Waals surface area contributed by atoms with Crippen LogP contribution in [0.4, 0.5) is 5.69 Å². The van der Waals surface area contributed by atoms with E-state index in [1.807, 2.05) is 32.0 Å². The second-order valence-electron chi connectivity index (χ2n) is 6.81. The molecular formula is C21H22N2O4. The van der Waals surface area contributed by atoms with Gasteiger partial charge in [-0.25, -0.2) is 4.79 Å². The highest BCUT2D eigenvalue weighted by Gasteiger charge is 2.37. The number of anilines is 1. The van der Waals surface area contributed by atoms with Crippen molar-refractivity contribution < 1.29 is 19.5 Å². The van der Waals surface area contributed by atoms with Gasteiger partial charge in [0.25, 0.3) is 0 Å². The van der Waals surface area contributed by atoms with Crippen molar-refractivity contribution in [2.75, 3.05) is 11.4 Å². The van der Waals surface area contributed by atoms with Crippen LogP contribution in [0.25, 0.3) is 0 Å². The lowest BCUT2D eigenvalue weighted by atomic mass is 10.0. The Morgan fingerprint density at radius 3 is 2.48 bits per heavy atom. The number of aryl methyl sites for hydroxylation is 1. The summed E-state index contributed by atoms with van der Waals surface area (Å²) in [5.41, 5.74) is 3.37. The Bertz CT molecular complexity index is 879. The highest BCUT2D eigenvalue weighted by Crippen LogP contribution is 2.29. The van der Waals surface area contributed by atoms with Crippen molar-refractivity contribution >= 4 is 23.5 Å². The number of carbonyl (C=O) groups excluding carboxylic acids is 2. The van der Waals surface area contributed by atoms with E-state index in [1.54, 1.807) is 35.2 Å². The molecule has 2 N–H and O–H groups in total. The average Bonchev–Trinajstić information content (AvgIpc) is 3.04. The summed E-state index contributed by atoms with van der Waals surface area (Å²) in [6, 6.07) is 13.1. The summed E-state index contributed by atoms with van der Waals surface area (Å²) in [5.74, 6) is -2.27. The Labute approximate surface area is 157 Å². The minimum atomic E-state index is -1.14. The Balaban J connectivity index is 1.75. The van der Waals surface area contributed by atoms with Gasteiger partial charge in [0.15, 0.2) is 6.04 Å². The van der Waals surface area contributed by atoms with E-state index in [9.17, 15) is 19.5 Å². The molecule has 140 valence electrons. The quantitative estimate of drug-likeness (QED) is 0.852. The Kier molecular flexibility index (Phi) is 5.26. The van der Waals surface area contributed by atoms with E-state index in [1.165, 1.54) is 0 Å². The van der Waals surface area contributed by atoms with E-state index >= 15 is 0 Å². The third-order valence-corrected chi connectivity index (χ3v) is 5.03. The molecule has 2 aromatic carbocycles. The average molecular weight is 366 g/mol. The normalized spacial score (nSPS) is 17.6. The zero-order chi connectivity index (χ0) is 19.6. The van der Waals surface area contributed by atoms with Gasteiger partial charge < -0.3 is 15.3 Å². The van der Waals surface area contributed by atoms with E-state index in [-0.39, 0.29) is 18.9 Å². The van der Waals surface area contributed by atoms with Crippen LogP contribution in [0.15, 0.2) is 48.5 Å². The number of nitrogens with zero attached hydrogens (tertiary/aromatic N) is 1. The van der Waals surface area contributed by atoms with Gasteiger partial charge in [-0.3, -0.25) is 9.59 Å². The number of carbonyl (C=O) groups is 3. The van der Waals surface area contributed by atoms with Crippen LogP contribution >= 0.6 is 0 Å². The molecule has 1 saturated heterocycles. The number of hydrogen-bond acceptors (Lipinski definition) is 3. The maximum atomic E-state index is 12.7. The van der Waals surface area contributed by atoms with Crippen LogP contribution in [0.1, 0.15) is 29.2 Å². The Hall–Kier alpha value is -3.15. The van der Waals surface area contributed by atoms with Crippen LogP contribution in [0.3, 0.4) is 0 Å². The molecule has 0 saturated carbocycles. The Morgan fingerprint density at radius 1 is 1.11 bits per heavy atom. The number of amides is 2. The first-order chi connectivity index (χ1) is 12.9. The molecule has 0 spiro atoms. The zero-order valence-electron chi connectivity index (χ0n) is 15.3. The number of carboxylic acid groups (broad SMARTS) is 1. The third kappa shape index (κ3) is 3.84. The van der Waals surface area contributed by atoms with Crippen molar-refractivity contribution in [1.82, 2.24) is 5.32 Å². The van der Waals surface area contributed by atoms with Gasteiger partial charge in [-0.15, -0.1) is 0 Å². The second kappa shape index (κ2) is 7.61. The maximum Gasteiger partial charge on any atom is 0.330 e. The summed E-state index contributed by atoms with van der Waals surface area (Å²) in [7, 11) is 0. The summed E-state index contributed by atoms with van der Waals surface area (Å²) in [6.07, 6.45) is 0.0698. The lowest BCUT2D eigenvalue weighted by molar-refractivity contribution is -0.142. The zero-order valence-corrected chi connectivity index (χ0v) is 15.3. The molecule has 2 amide bonds. The minimum absolute atomic E-state index is 0.0698. The van der Waals surface area contributed by atoms with Crippen LogP contribution in [0.5, 0.6) is 0 Å². The summed E-state index contributed by atoms with van der Waals surface area (Å²) in [5, 5.41) is 12.1. The molecule has 6 nitrogen and oxygen atoms in total. The molecule has 2 aromatic rings. The van der Waals surface area contributed by atoms with Crippen LogP contribution in [0.2, 0.25) is 0 Å². The SMILES string of the molecule is Cc1cccc(N2CC(C(=O)N[C@@H](C(=O)O)c3ccccc3)CC2=O)c1C. The molecule has 0 radical (unpaired) electrons. The number of rotatable bonds is 5. The van der Waals surface area contributed by atoms with Crippen molar-refractivity contribution in [2.24, 2.45) is 5.92 Å². The monoisotopic (exact) mass is 366 g/mol. The summed E-state index contributed by atoms with van der Waals surface area (Å²) >= 11 is 0. The van der Waals surface area contributed by atoms with E-state index in [4.69, 9.17) is 0 Å². The first-order valence-corrected chi connectivity index (χ1v) is 8.83. The van der Waals surface area contributed by atoms with Gasteiger partial charge in [0.1, 0.15) is 0 Å². The van der Waals surface area contributed by atoms with Gasteiger partial charge in [0.05, 0.1) is 5.92 Å². The molecule has 1 heterocycles. The van der Waals surface area contributed by atoms with Crippen LogP contribution in [-0.2, 0) is 14.4 Å². The third-order valence-electron chi connectivity index (χ3n) is 5.03. The van der Waals surface area contributed by atoms with Crippen LogP contribution in [-0.4, -0.2) is 29.4 Å². The highest BCUT2D eigenvalue weighted by atomic mass is 16.4. The molecule has 1 aliphatic heterocycles. The summed E-state index contributed by atoms with van der Waals surface area (Å²) < 4.78 is 0. The van der Waals surface area contributed by atoms with Crippen molar-refractivity contribution in [3.63, 3.8) is 0 Å². The van der Waals surface area contributed by atoms with E-state index in [0.717, 1.165) is 16.8 Å². The highest BCUT2D eigenvalue weighted by molar-refractivity contribution is 6.01. The van der Waals surface area contributed by atoms with Crippen LogP contribution in [0, 0.1) is 19.8 Å². The predicted octanol–water partition coefficient (Wildman–Crippen LogP) is 2.60. The molecule has 2 atom stereocenters. The van der Waals surface area contributed by atoms with Gasteiger partial charge in [0.2, 0.25) is 11.8 Å². The molecule has 0 aliphatic carbocycles. The summed E-state index contributed by atoms with van der Waals surface area (Å²) in [6.45, 7) is 4.16. The maximum absolute atomic E-state index is 12.7. The first kappa shape index (κ1) is 18.6. The number of hydrogen-bond donors (Lipinski definition) is 2. The van der Waals surface area contributed by atoms with Gasteiger partial charge in [0, 0.05) is 18.7 Å². The number of aliphatic carboxylic acids is 1. The summed E-state index contributed by atoms with van der Waals surface area (Å²) in [4.78, 5) is 38.3. The standard InChI is InChI=1S/C21H22N2O4/c1-13-7-6-10-17(14(13)2)23-12-16(11-18(23)24)20(25)22-19(21(26)27)15-8-4-3-5-9-15/h3-10,16,19H,11-12H2,1-2H3,(H,22,25)(H,26,27)/t16?,19-/m1/s1. The minimum Gasteiger partial charge on any atom is -0.479 e. The number of carboxylic acids is 1. The molecule has 1 unspecified atom stereocenters. The molecular weight excluding hydrogens is 344 g/mol. The van der Waals surface area contributed by atoms with Crippen LogP contribution < -0.4 is 10.2 Å². The van der Waals surface area contributed by atoms with Gasteiger partial charge >= 0.3 is 5.97 Å². The first-order valence-electron chi connectivity index (χ1n) is 8.83.